The Kier molecular flexibility index (Phi) is 38.7. The predicted octanol–water partition coefficient (Wildman–Crippen LogP) is 13.3. The van der Waals surface area contributed by atoms with E-state index in [1.54, 1.807) is 6.08 Å². The lowest BCUT2D eigenvalue weighted by molar-refractivity contribution is -0.870. The Hall–Kier alpha value is -1.02. The van der Waals surface area contributed by atoms with Crippen molar-refractivity contribution in [2.24, 2.45) is 0 Å². The number of aliphatic hydroxyl groups excluding tert-OH is 1. The number of phosphoric ester groups is 1. The summed E-state index contributed by atoms with van der Waals surface area (Å²) in [5.74, 6) is -0.184. The molecule has 0 saturated heterocycles. The van der Waals surface area contributed by atoms with Gasteiger partial charge in [0, 0.05) is 6.42 Å². The van der Waals surface area contributed by atoms with Crippen molar-refractivity contribution in [2.75, 3.05) is 40.9 Å². The fourth-order valence-corrected chi connectivity index (χ4v) is 7.62. The number of hydrogen-bond acceptors (Lipinski definition) is 5. The molecule has 0 aliphatic rings. The highest BCUT2D eigenvalue weighted by Gasteiger charge is 2.27. The monoisotopic (exact) mass is 814 g/mol. The Labute approximate surface area is 347 Å². The van der Waals surface area contributed by atoms with Crippen LogP contribution in [-0.2, 0) is 18.4 Å². The van der Waals surface area contributed by atoms with Gasteiger partial charge in [-0.2, -0.15) is 0 Å². The molecule has 0 fully saturated rings. The summed E-state index contributed by atoms with van der Waals surface area (Å²) in [7, 11) is 1.56. The molecule has 9 heteroatoms. The van der Waals surface area contributed by atoms with Crippen LogP contribution >= 0.6 is 7.82 Å². The molecule has 0 aromatic carbocycles. The molecule has 0 radical (unpaired) electrons. The molecule has 0 bridgehead atoms. The number of likely N-dealkylation sites (N-methyl/N-ethyl adjacent to an activating group) is 1. The number of nitrogens with one attached hydrogen (secondary N) is 1. The summed E-state index contributed by atoms with van der Waals surface area (Å²) >= 11 is 0. The van der Waals surface area contributed by atoms with Gasteiger partial charge in [-0.05, 0) is 32.1 Å². The van der Waals surface area contributed by atoms with Crippen molar-refractivity contribution < 1.29 is 32.9 Å². The van der Waals surface area contributed by atoms with Crippen molar-refractivity contribution in [3.8, 4) is 0 Å². The Morgan fingerprint density at radius 2 is 0.982 bits per heavy atom. The van der Waals surface area contributed by atoms with Crippen LogP contribution in [0.3, 0.4) is 0 Å². The number of phosphoric acid groups is 1. The van der Waals surface area contributed by atoms with Crippen molar-refractivity contribution in [3.63, 3.8) is 0 Å². The molecule has 0 saturated carbocycles. The van der Waals surface area contributed by atoms with Gasteiger partial charge >= 0.3 is 7.82 Å². The third-order valence-corrected chi connectivity index (χ3v) is 11.7. The first-order chi connectivity index (χ1) is 27.0. The highest BCUT2D eigenvalue weighted by Crippen LogP contribution is 2.43. The molecule has 0 aromatic heterocycles. The van der Waals surface area contributed by atoms with Crippen LogP contribution in [0, 0.1) is 0 Å². The highest BCUT2D eigenvalue weighted by molar-refractivity contribution is 7.47. The van der Waals surface area contributed by atoms with Gasteiger partial charge in [0.2, 0.25) is 5.91 Å². The van der Waals surface area contributed by atoms with E-state index in [4.69, 9.17) is 9.05 Å². The minimum atomic E-state index is -4.34. The van der Waals surface area contributed by atoms with E-state index in [2.05, 4.69) is 31.3 Å². The number of unbranched alkanes of at least 4 members (excludes halogenated alkanes) is 28. The lowest BCUT2D eigenvalue weighted by Crippen LogP contribution is -2.45. The number of nitrogens with zero attached hydrogens (tertiary/aromatic N) is 1. The molecule has 0 rings (SSSR count). The molecule has 0 heterocycles. The molecule has 56 heavy (non-hydrogen) atoms. The van der Waals surface area contributed by atoms with Crippen molar-refractivity contribution >= 4 is 13.7 Å². The fraction of sp³-hybridized carbons (Fsp3) is 0.894. The molecule has 1 amide bonds. The van der Waals surface area contributed by atoms with Gasteiger partial charge in [-0.15, -0.1) is 0 Å². The van der Waals surface area contributed by atoms with Gasteiger partial charge in [0.15, 0.2) is 0 Å². The minimum absolute atomic E-state index is 0.0584. The first-order valence-electron chi connectivity index (χ1n) is 23.7. The Bertz CT molecular complexity index is 969. The summed E-state index contributed by atoms with van der Waals surface area (Å²) in [5, 5.41) is 13.8. The van der Waals surface area contributed by atoms with E-state index < -0.39 is 20.0 Å². The predicted molar refractivity (Wildman–Crippen MR) is 240 cm³/mol. The van der Waals surface area contributed by atoms with Gasteiger partial charge in [0.25, 0.3) is 0 Å². The van der Waals surface area contributed by atoms with Crippen molar-refractivity contribution in [3.05, 3.63) is 24.3 Å². The first-order valence-corrected chi connectivity index (χ1v) is 25.2. The third kappa shape index (κ3) is 41.2. The van der Waals surface area contributed by atoms with Crippen LogP contribution in [0.1, 0.15) is 219 Å². The van der Waals surface area contributed by atoms with E-state index in [1.807, 2.05) is 27.2 Å². The Balaban J connectivity index is 4.41. The molecule has 0 spiro atoms. The Morgan fingerprint density at radius 3 is 1.43 bits per heavy atom. The molecule has 0 aliphatic carbocycles. The van der Waals surface area contributed by atoms with E-state index in [0.717, 1.165) is 38.5 Å². The van der Waals surface area contributed by atoms with Crippen LogP contribution in [0.4, 0.5) is 0 Å². The topological polar surface area (TPSA) is 105 Å². The second-order valence-corrected chi connectivity index (χ2v) is 18.9. The fourth-order valence-electron chi connectivity index (χ4n) is 6.88. The van der Waals surface area contributed by atoms with E-state index in [-0.39, 0.29) is 19.1 Å². The zero-order valence-corrected chi connectivity index (χ0v) is 38.5. The van der Waals surface area contributed by atoms with E-state index in [0.29, 0.717) is 17.4 Å². The van der Waals surface area contributed by atoms with Gasteiger partial charge in [-0.25, -0.2) is 4.57 Å². The summed E-state index contributed by atoms with van der Waals surface area (Å²) in [6, 6.07) is -0.858. The molecule has 0 aliphatic heterocycles. The third-order valence-electron chi connectivity index (χ3n) is 10.7. The lowest BCUT2D eigenvalue weighted by atomic mass is 10.0. The number of rotatable bonds is 43. The summed E-state index contributed by atoms with van der Waals surface area (Å²) in [6.45, 7) is 4.81. The average Bonchev–Trinajstić information content (AvgIpc) is 3.15. The standard InChI is InChI=1S/C47H93N2O6P/c1-6-8-10-12-14-16-18-20-22-24-26-28-30-32-34-36-38-40-46(50)45(44-55-56(52,53)54-43-42-49(3,4)5)48-47(51)41-39-37-35-33-31-29-27-25-23-21-19-17-15-13-11-9-7-2/h30,32,38,40,45-46,50H,6-29,31,33-37,39,41-44H2,1-5H3,(H-,48,51,52,53)/p+1/b32-30+,40-38+/t45-,46+/m0/s1. The number of carbonyl (C=O) groups excluding carboxylic acids is 1. The summed E-state index contributed by atoms with van der Waals surface area (Å²) in [5.41, 5.74) is 0. The highest BCUT2D eigenvalue weighted by atomic mass is 31.2. The maximum atomic E-state index is 12.9. The van der Waals surface area contributed by atoms with E-state index in [1.165, 1.54) is 161 Å². The smallest absolute Gasteiger partial charge is 0.387 e. The van der Waals surface area contributed by atoms with Crippen LogP contribution in [0.15, 0.2) is 24.3 Å². The van der Waals surface area contributed by atoms with Crippen molar-refractivity contribution in [1.82, 2.24) is 5.32 Å². The van der Waals surface area contributed by atoms with Gasteiger partial charge in [0.1, 0.15) is 13.2 Å². The quantitative estimate of drug-likeness (QED) is 0.0245. The molecule has 8 nitrogen and oxygen atoms in total. The van der Waals surface area contributed by atoms with Crippen LogP contribution in [0.5, 0.6) is 0 Å². The van der Waals surface area contributed by atoms with E-state index in [9.17, 15) is 19.4 Å². The van der Waals surface area contributed by atoms with Gasteiger partial charge in [-0.1, -0.05) is 205 Å². The molecule has 0 aromatic rings. The summed E-state index contributed by atoms with van der Waals surface area (Å²) < 4.78 is 23.6. The van der Waals surface area contributed by atoms with Crippen LogP contribution in [0.25, 0.3) is 0 Å². The summed E-state index contributed by atoms with van der Waals surface area (Å²) in [4.78, 5) is 23.1. The van der Waals surface area contributed by atoms with Crippen LogP contribution in [-0.4, -0.2) is 73.4 Å². The molecule has 1 unspecified atom stereocenters. The normalized spacial score (nSPS) is 14.5. The van der Waals surface area contributed by atoms with Gasteiger partial charge < -0.3 is 19.8 Å². The van der Waals surface area contributed by atoms with Crippen molar-refractivity contribution in [1.29, 1.82) is 0 Å². The number of aliphatic hydroxyl groups is 1. The van der Waals surface area contributed by atoms with Gasteiger partial charge in [0.05, 0.1) is 39.9 Å². The molecular weight excluding hydrogens is 719 g/mol. The number of allylic oxidation sites excluding steroid dienone is 3. The molecule has 3 N–H and O–H groups in total. The van der Waals surface area contributed by atoms with Crippen LogP contribution in [0.2, 0.25) is 0 Å². The minimum Gasteiger partial charge on any atom is -0.387 e. The zero-order valence-electron chi connectivity index (χ0n) is 37.6. The lowest BCUT2D eigenvalue weighted by Gasteiger charge is -2.25. The second-order valence-electron chi connectivity index (χ2n) is 17.5. The average molecular weight is 814 g/mol. The number of quaternary nitrogens is 1. The number of hydrogen-bond donors (Lipinski definition) is 3. The zero-order chi connectivity index (χ0) is 41.4. The largest absolute Gasteiger partial charge is 0.472 e. The van der Waals surface area contributed by atoms with Crippen LogP contribution < -0.4 is 5.32 Å². The van der Waals surface area contributed by atoms with E-state index >= 15 is 0 Å². The Morgan fingerprint density at radius 1 is 0.589 bits per heavy atom. The van der Waals surface area contributed by atoms with Gasteiger partial charge in [-0.3, -0.25) is 13.8 Å². The summed E-state index contributed by atoms with van der Waals surface area (Å²) in [6.07, 6.45) is 46.8. The molecule has 332 valence electrons. The SMILES string of the molecule is CCCCCCCCCCCCC/C=C/CC/C=C/[C@@H](O)[C@H](COP(=O)(O)OCC[N+](C)(C)C)NC(=O)CCCCCCCCCCCCCCCCCCC. The molecular formula is C47H94N2O6P+. The number of amides is 1. The molecule has 3 atom stereocenters. The maximum Gasteiger partial charge on any atom is 0.472 e. The maximum absolute atomic E-state index is 12.9. The number of carbonyl (C=O) groups is 1. The van der Waals surface area contributed by atoms with Crippen molar-refractivity contribution in [2.45, 2.75) is 231 Å². The first kappa shape index (κ1) is 55.0. The second kappa shape index (κ2) is 39.4.